The highest BCUT2D eigenvalue weighted by Crippen LogP contribution is 2.22. The minimum Gasteiger partial charge on any atom is -0.321 e. The van der Waals surface area contributed by atoms with E-state index in [1.54, 1.807) is 41.2 Å². The van der Waals surface area contributed by atoms with Crippen molar-refractivity contribution in [2.75, 3.05) is 5.32 Å². The molecule has 0 unspecified atom stereocenters. The first-order chi connectivity index (χ1) is 11.4. The van der Waals surface area contributed by atoms with E-state index in [-0.39, 0.29) is 5.91 Å². The van der Waals surface area contributed by atoms with E-state index >= 15 is 0 Å². The number of halogens is 2. The molecule has 0 aliphatic carbocycles. The molecule has 24 heavy (non-hydrogen) atoms. The zero-order valence-corrected chi connectivity index (χ0v) is 15.4. The summed E-state index contributed by atoms with van der Waals surface area (Å²) in [6.45, 7) is 3.90. The smallest absolute Gasteiger partial charge is 0.257 e. The Labute approximate surface area is 152 Å². The van der Waals surface area contributed by atoms with E-state index in [2.05, 4.69) is 31.3 Å². The lowest BCUT2D eigenvalue weighted by molar-refractivity contribution is 0.102. The first kappa shape index (κ1) is 16.7. The second-order valence-corrected chi connectivity index (χ2v) is 6.65. The predicted octanol–water partition coefficient (Wildman–Crippen LogP) is 4.55. The average molecular weight is 406 g/mol. The number of pyridine rings is 1. The van der Waals surface area contributed by atoms with E-state index in [9.17, 15) is 4.79 Å². The van der Waals surface area contributed by atoms with Crippen LogP contribution >= 0.6 is 27.5 Å². The molecule has 0 fully saturated rings. The van der Waals surface area contributed by atoms with Crippen molar-refractivity contribution in [3.63, 3.8) is 0 Å². The molecule has 0 saturated carbocycles. The van der Waals surface area contributed by atoms with Crippen LogP contribution in [0.1, 0.15) is 21.7 Å². The van der Waals surface area contributed by atoms with Gasteiger partial charge in [0.2, 0.25) is 0 Å². The number of aryl methyl sites for hydroxylation is 2. The van der Waals surface area contributed by atoms with Gasteiger partial charge in [-0.3, -0.25) is 4.79 Å². The molecule has 1 N–H and O–H groups in total. The predicted molar refractivity (Wildman–Crippen MR) is 97.9 cm³/mol. The molecule has 3 rings (SSSR count). The fourth-order valence-electron chi connectivity index (χ4n) is 2.32. The molecule has 3 aromatic rings. The van der Waals surface area contributed by atoms with Crippen LogP contribution in [0.2, 0.25) is 5.02 Å². The van der Waals surface area contributed by atoms with E-state index in [0.29, 0.717) is 22.1 Å². The monoisotopic (exact) mass is 404 g/mol. The molecule has 2 heterocycles. The summed E-state index contributed by atoms with van der Waals surface area (Å²) in [6.07, 6.45) is 1.59. The fraction of sp³-hybridized carbons (Fsp3) is 0.118. The molecule has 0 bridgehead atoms. The highest BCUT2D eigenvalue weighted by molar-refractivity contribution is 9.10. The van der Waals surface area contributed by atoms with Crippen molar-refractivity contribution in [3.8, 4) is 5.82 Å². The highest BCUT2D eigenvalue weighted by atomic mass is 79.9. The molecule has 0 radical (unpaired) electrons. The molecule has 0 aliphatic heterocycles. The molecule has 5 nitrogen and oxygen atoms in total. The molecule has 0 spiro atoms. The number of nitrogens with zero attached hydrogens (tertiary/aromatic N) is 3. The Morgan fingerprint density at radius 1 is 1.21 bits per heavy atom. The molecule has 1 amide bonds. The molecule has 2 aromatic heterocycles. The van der Waals surface area contributed by atoms with Crippen molar-refractivity contribution >= 4 is 39.1 Å². The molecule has 0 saturated heterocycles. The number of aromatic nitrogens is 3. The molecule has 1 aromatic carbocycles. The number of carbonyl (C=O) groups excluding carboxylic acids is 1. The van der Waals surface area contributed by atoms with E-state index < -0.39 is 0 Å². The quantitative estimate of drug-likeness (QED) is 0.695. The third-order valence-electron chi connectivity index (χ3n) is 3.41. The number of rotatable bonds is 3. The number of benzene rings is 1. The SMILES string of the molecule is Cc1cc(C)n(-c2ccc(NC(=O)c3ccc(Br)cc3Cl)cn2)n1. The Kier molecular flexibility index (Phi) is 4.69. The molecule has 7 heteroatoms. The van der Waals surface area contributed by atoms with Crippen LogP contribution in [0.5, 0.6) is 0 Å². The van der Waals surface area contributed by atoms with Crippen molar-refractivity contribution in [1.82, 2.24) is 14.8 Å². The van der Waals surface area contributed by atoms with Crippen LogP contribution in [-0.2, 0) is 0 Å². The minimum atomic E-state index is -0.284. The normalized spacial score (nSPS) is 10.7. The number of hydrogen-bond acceptors (Lipinski definition) is 3. The first-order valence-electron chi connectivity index (χ1n) is 7.20. The highest BCUT2D eigenvalue weighted by Gasteiger charge is 2.11. The summed E-state index contributed by atoms with van der Waals surface area (Å²) in [7, 11) is 0. The second kappa shape index (κ2) is 6.75. The van der Waals surface area contributed by atoms with Crippen LogP contribution in [0.25, 0.3) is 5.82 Å². The van der Waals surface area contributed by atoms with Gasteiger partial charge in [0.05, 0.1) is 28.2 Å². The van der Waals surface area contributed by atoms with E-state index in [0.717, 1.165) is 15.9 Å². The lowest BCUT2D eigenvalue weighted by atomic mass is 10.2. The number of amides is 1. The summed E-state index contributed by atoms with van der Waals surface area (Å²) in [5.41, 5.74) is 2.92. The summed E-state index contributed by atoms with van der Waals surface area (Å²) >= 11 is 9.41. The summed E-state index contributed by atoms with van der Waals surface area (Å²) in [5.74, 6) is 0.411. The molecule has 0 aliphatic rings. The Morgan fingerprint density at radius 3 is 2.58 bits per heavy atom. The average Bonchev–Trinajstić information content (AvgIpc) is 2.86. The third-order valence-corrected chi connectivity index (χ3v) is 4.21. The van der Waals surface area contributed by atoms with Crippen LogP contribution in [0.4, 0.5) is 5.69 Å². The molecule has 122 valence electrons. The molecular weight excluding hydrogens is 392 g/mol. The van der Waals surface area contributed by atoms with Gasteiger partial charge in [-0.05, 0) is 50.2 Å². The van der Waals surface area contributed by atoms with Gasteiger partial charge in [0.1, 0.15) is 0 Å². The number of carbonyl (C=O) groups is 1. The largest absolute Gasteiger partial charge is 0.321 e. The van der Waals surface area contributed by atoms with Gasteiger partial charge >= 0.3 is 0 Å². The van der Waals surface area contributed by atoms with Crippen LogP contribution in [0, 0.1) is 13.8 Å². The Balaban J connectivity index is 1.79. The Bertz CT molecular complexity index is 905. The van der Waals surface area contributed by atoms with Crippen molar-refractivity contribution in [2.24, 2.45) is 0 Å². The maximum atomic E-state index is 12.3. The van der Waals surface area contributed by atoms with Gasteiger partial charge in [-0.25, -0.2) is 9.67 Å². The van der Waals surface area contributed by atoms with Crippen molar-refractivity contribution in [1.29, 1.82) is 0 Å². The maximum Gasteiger partial charge on any atom is 0.257 e. The van der Waals surface area contributed by atoms with Gasteiger partial charge in [-0.15, -0.1) is 0 Å². The molecule has 0 atom stereocenters. The van der Waals surface area contributed by atoms with Crippen LogP contribution < -0.4 is 5.32 Å². The zero-order chi connectivity index (χ0) is 17.3. The van der Waals surface area contributed by atoms with Crippen molar-refractivity contribution < 1.29 is 4.79 Å². The number of anilines is 1. The van der Waals surface area contributed by atoms with Gasteiger partial charge < -0.3 is 5.32 Å². The maximum absolute atomic E-state index is 12.3. The Hall–Kier alpha value is -2.18. The number of hydrogen-bond donors (Lipinski definition) is 1. The summed E-state index contributed by atoms with van der Waals surface area (Å²) in [5, 5.41) is 7.55. The number of nitrogens with one attached hydrogen (secondary N) is 1. The van der Waals surface area contributed by atoms with Crippen molar-refractivity contribution in [3.05, 3.63) is 69.0 Å². The summed E-state index contributed by atoms with van der Waals surface area (Å²) in [4.78, 5) is 16.7. The van der Waals surface area contributed by atoms with Gasteiger partial charge in [0.15, 0.2) is 5.82 Å². The van der Waals surface area contributed by atoms with E-state index in [1.807, 2.05) is 19.9 Å². The topological polar surface area (TPSA) is 59.8 Å². The van der Waals surface area contributed by atoms with E-state index in [4.69, 9.17) is 11.6 Å². The van der Waals surface area contributed by atoms with Crippen LogP contribution in [0.15, 0.2) is 47.1 Å². The van der Waals surface area contributed by atoms with E-state index in [1.165, 1.54) is 0 Å². The van der Waals surface area contributed by atoms with Crippen LogP contribution in [-0.4, -0.2) is 20.7 Å². The lowest BCUT2D eigenvalue weighted by Gasteiger charge is -2.08. The van der Waals surface area contributed by atoms with Crippen molar-refractivity contribution in [2.45, 2.75) is 13.8 Å². The fourth-order valence-corrected chi connectivity index (χ4v) is 3.08. The minimum absolute atomic E-state index is 0.284. The first-order valence-corrected chi connectivity index (χ1v) is 8.37. The van der Waals surface area contributed by atoms with Gasteiger partial charge in [-0.1, -0.05) is 27.5 Å². The standard InChI is InChI=1S/C17H14BrClN4O/c1-10-7-11(2)23(22-10)16-6-4-13(9-20-16)21-17(24)14-5-3-12(18)8-15(14)19/h3-9H,1-2H3,(H,21,24). The Morgan fingerprint density at radius 2 is 2.00 bits per heavy atom. The second-order valence-electron chi connectivity index (χ2n) is 5.32. The van der Waals surface area contributed by atoms with Gasteiger partial charge in [0.25, 0.3) is 5.91 Å². The lowest BCUT2D eigenvalue weighted by Crippen LogP contribution is -2.13. The van der Waals surface area contributed by atoms with Gasteiger partial charge in [-0.2, -0.15) is 5.10 Å². The van der Waals surface area contributed by atoms with Gasteiger partial charge in [0, 0.05) is 10.2 Å². The summed E-state index contributed by atoms with van der Waals surface area (Å²) < 4.78 is 2.58. The molecular formula is C17H14BrClN4O. The summed E-state index contributed by atoms with van der Waals surface area (Å²) in [6, 6.07) is 10.7. The zero-order valence-electron chi connectivity index (χ0n) is 13.0. The van der Waals surface area contributed by atoms with Crippen LogP contribution in [0.3, 0.4) is 0 Å². The third kappa shape index (κ3) is 3.49.